The zero-order valence-electron chi connectivity index (χ0n) is 12.8. The summed E-state index contributed by atoms with van der Waals surface area (Å²) < 4.78 is 52.9. The summed E-state index contributed by atoms with van der Waals surface area (Å²) in [6.07, 6.45) is 3.03. The van der Waals surface area contributed by atoms with E-state index >= 15 is 0 Å². The topological polar surface area (TPSA) is 83.9 Å². The molecular weight excluding hydrogens is 376 g/mol. The van der Waals surface area contributed by atoms with Gasteiger partial charge in [-0.1, -0.05) is 49.0 Å². The normalized spacial score (nSPS) is 17.2. The lowest BCUT2D eigenvalue weighted by Crippen LogP contribution is -2.32. The van der Waals surface area contributed by atoms with E-state index in [-0.39, 0.29) is 16.6 Å². The van der Waals surface area contributed by atoms with E-state index in [4.69, 9.17) is 0 Å². The Bertz CT molecular complexity index is 776. The van der Waals surface area contributed by atoms with Crippen LogP contribution in [0.25, 0.3) is 0 Å². The van der Waals surface area contributed by atoms with Crippen LogP contribution in [0.15, 0.2) is 33.6 Å². The number of sulfonamides is 2. The minimum atomic E-state index is -3.77. The van der Waals surface area contributed by atoms with Gasteiger partial charge in [0.25, 0.3) is 10.0 Å². The predicted molar refractivity (Wildman–Crippen MR) is 96.7 cm³/mol. The van der Waals surface area contributed by atoms with Crippen LogP contribution in [0.4, 0.5) is 0 Å². The maximum Gasteiger partial charge on any atom is 0.283 e. The summed E-state index contributed by atoms with van der Waals surface area (Å²) >= 11 is 2.22. The third kappa shape index (κ3) is 5.21. The first kappa shape index (κ1) is 18.8. The van der Waals surface area contributed by atoms with Crippen molar-refractivity contribution >= 4 is 47.9 Å². The summed E-state index contributed by atoms with van der Waals surface area (Å²) in [4.78, 5) is 0.150. The molecule has 1 aromatic carbocycles. The SMILES string of the molecule is CCCc1ccc(S(=O)(=O)N=C2SCN(S(C)(=O)=O)CS2)cc1. The Balaban J connectivity index is 2.12. The van der Waals surface area contributed by atoms with Crippen molar-refractivity contribution < 1.29 is 16.8 Å². The van der Waals surface area contributed by atoms with Crippen LogP contribution in [0.3, 0.4) is 0 Å². The summed E-state index contributed by atoms with van der Waals surface area (Å²) in [5.74, 6) is 0.352. The highest BCUT2D eigenvalue weighted by molar-refractivity contribution is 8.39. The minimum Gasteiger partial charge on any atom is -0.212 e. The van der Waals surface area contributed by atoms with Gasteiger partial charge in [0.2, 0.25) is 10.0 Å². The van der Waals surface area contributed by atoms with Gasteiger partial charge in [0.15, 0.2) is 0 Å². The molecule has 23 heavy (non-hydrogen) atoms. The van der Waals surface area contributed by atoms with E-state index in [1.54, 1.807) is 24.3 Å². The molecule has 1 aliphatic heterocycles. The van der Waals surface area contributed by atoms with Gasteiger partial charge in [-0.2, -0.15) is 12.7 Å². The Morgan fingerprint density at radius 1 is 1.09 bits per heavy atom. The van der Waals surface area contributed by atoms with Gasteiger partial charge in [-0.05, 0) is 24.1 Å². The van der Waals surface area contributed by atoms with Crippen molar-refractivity contribution in [3.8, 4) is 0 Å². The summed E-state index contributed by atoms with van der Waals surface area (Å²) in [5.41, 5.74) is 1.09. The fourth-order valence-corrected chi connectivity index (χ4v) is 6.94. The predicted octanol–water partition coefficient (Wildman–Crippen LogP) is 2.34. The van der Waals surface area contributed by atoms with Crippen LogP contribution in [-0.4, -0.2) is 43.5 Å². The number of nitrogens with zero attached hydrogens (tertiary/aromatic N) is 2. The average molecular weight is 395 g/mol. The first-order valence-electron chi connectivity index (χ1n) is 6.87. The van der Waals surface area contributed by atoms with E-state index < -0.39 is 20.0 Å². The molecule has 1 heterocycles. The highest BCUT2D eigenvalue weighted by atomic mass is 32.2. The summed E-state index contributed by atoms with van der Waals surface area (Å²) in [5, 5.41) is 0. The van der Waals surface area contributed by atoms with E-state index in [2.05, 4.69) is 11.3 Å². The minimum absolute atomic E-state index is 0.150. The number of hydrogen-bond donors (Lipinski definition) is 0. The van der Waals surface area contributed by atoms with Crippen LogP contribution < -0.4 is 0 Å². The lowest BCUT2D eigenvalue weighted by atomic mass is 10.1. The highest BCUT2D eigenvalue weighted by Crippen LogP contribution is 2.29. The van der Waals surface area contributed by atoms with Crippen molar-refractivity contribution in [3.05, 3.63) is 29.8 Å². The molecule has 1 fully saturated rings. The van der Waals surface area contributed by atoms with Crippen LogP contribution in [0.2, 0.25) is 0 Å². The van der Waals surface area contributed by atoms with Gasteiger partial charge < -0.3 is 0 Å². The van der Waals surface area contributed by atoms with Gasteiger partial charge in [-0.15, -0.1) is 4.40 Å². The Hall–Kier alpha value is -0.550. The highest BCUT2D eigenvalue weighted by Gasteiger charge is 2.25. The molecule has 10 heteroatoms. The molecule has 128 valence electrons. The second-order valence-corrected chi connectivity index (χ2v) is 10.7. The van der Waals surface area contributed by atoms with Gasteiger partial charge in [-0.25, -0.2) is 8.42 Å². The van der Waals surface area contributed by atoms with Crippen molar-refractivity contribution in [1.82, 2.24) is 4.31 Å². The molecule has 0 aliphatic carbocycles. The summed E-state index contributed by atoms with van der Waals surface area (Å²) in [7, 11) is -7.03. The second kappa shape index (κ2) is 7.56. The van der Waals surface area contributed by atoms with Crippen molar-refractivity contribution in [1.29, 1.82) is 0 Å². The molecule has 0 unspecified atom stereocenters. The Morgan fingerprint density at radius 2 is 1.65 bits per heavy atom. The molecule has 1 aliphatic rings. The zero-order chi connectivity index (χ0) is 17.1. The lowest BCUT2D eigenvalue weighted by molar-refractivity contribution is 0.511. The van der Waals surface area contributed by atoms with Crippen molar-refractivity contribution in [2.75, 3.05) is 18.0 Å². The molecule has 1 saturated heterocycles. The molecule has 0 spiro atoms. The molecular formula is C13H18N2O4S4. The number of rotatable bonds is 5. The average Bonchev–Trinajstić information content (AvgIpc) is 2.47. The number of aryl methyl sites for hydroxylation is 1. The van der Waals surface area contributed by atoms with Crippen molar-refractivity contribution in [2.24, 2.45) is 4.40 Å². The van der Waals surface area contributed by atoms with E-state index in [1.165, 1.54) is 4.31 Å². The first-order valence-corrected chi connectivity index (χ1v) is 12.1. The van der Waals surface area contributed by atoms with Crippen LogP contribution >= 0.6 is 23.5 Å². The van der Waals surface area contributed by atoms with Gasteiger partial charge >= 0.3 is 0 Å². The molecule has 0 bridgehead atoms. The third-order valence-electron chi connectivity index (χ3n) is 3.09. The molecule has 0 amide bonds. The monoisotopic (exact) mass is 394 g/mol. The van der Waals surface area contributed by atoms with E-state index in [9.17, 15) is 16.8 Å². The molecule has 0 radical (unpaired) electrons. The van der Waals surface area contributed by atoms with E-state index in [1.807, 2.05) is 0 Å². The van der Waals surface area contributed by atoms with E-state index in [0.29, 0.717) is 4.38 Å². The van der Waals surface area contributed by atoms with Crippen LogP contribution in [0.1, 0.15) is 18.9 Å². The van der Waals surface area contributed by atoms with Crippen molar-refractivity contribution in [2.45, 2.75) is 24.7 Å². The van der Waals surface area contributed by atoms with Gasteiger partial charge in [-0.3, -0.25) is 0 Å². The van der Waals surface area contributed by atoms with Gasteiger partial charge in [0.05, 0.1) is 22.9 Å². The van der Waals surface area contributed by atoms with Crippen LogP contribution in [0.5, 0.6) is 0 Å². The molecule has 0 atom stereocenters. The molecule has 0 aromatic heterocycles. The maximum atomic E-state index is 12.3. The summed E-state index contributed by atoms with van der Waals surface area (Å²) in [6.45, 7) is 2.06. The fourth-order valence-electron chi connectivity index (χ4n) is 1.85. The lowest BCUT2D eigenvalue weighted by Gasteiger charge is -2.23. The molecule has 1 aromatic rings. The number of benzene rings is 1. The van der Waals surface area contributed by atoms with Gasteiger partial charge in [0, 0.05) is 0 Å². The quantitative estimate of drug-likeness (QED) is 0.762. The van der Waals surface area contributed by atoms with Crippen molar-refractivity contribution in [3.63, 3.8) is 0 Å². The molecule has 2 rings (SSSR count). The largest absolute Gasteiger partial charge is 0.283 e. The Labute approximate surface area is 145 Å². The standard InChI is InChI=1S/C13H18N2O4S4/c1-3-4-11-5-7-12(8-6-11)23(18,19)14-13-20-9-15(10-21-13)22(2,16)17/h5-8H,3-4,9-10H2,1-2H3. The van der Waals surface area contributed by atoms with Crippen LogP contribution in [0, 0.1) is 0 Å². The maximum absolute atomic E-state index is 12.3. The smallest absolute Gasteiger partial charge is 0.212 e. The molecule has 0 N–H and O–H groups in total. The number of thioether (sulfide) groups is 2. The third-order valence-corrected chi connectivity index (χ3v) is 8.40. The van der Waals surface area contributed by atoms with Crippen LogP contribution in [-0.2, 0) is 26.5 Å². The van der Waals surface area contributed by atoms with E-state index in [0.717, 1.165) is 48.2 Å². The molecule has 6 nitrogen and oxygen atoms in total. The second-order valence-electron chi connectivity index (χ2n) is 4.99. The zero-order valence-corrected chi connectivity index (χ0v) is 16.1. The summed E-state index contributed by atoms with van der Waals surface area (Å²) in [6, 6.07) is 6.71. The Kier molecular flexibility index (Phi) is 6.17. The Morgan fingerprint density at radius 3 is 2.13 bits per heavy atom. The first-order chi connectivity index (χ1) is 10.7. The van der Waals surface area contributed by atoms with Gasteiger partial charge in [0.1, 0.15) is 4.38 Å². The molecule has 0 saturated carbocycles. The fraction of sp³-hybridized carbons (Fsp3) is 0.462. The number of hydrogen-bond acceptors (Lipinski definition) is 6.